The molecule has 12 heteroatoms. The van der Waals surface area contributed by atoms with Crippen molar-refractivity contribution < 1.29 is 31.2 Å². The summed E-state index contributed by atoms with van der Waals surface area (Å²) < 4.78 is 65.3. The van der Waals surface area contributed by atoms with E-state index in [0.29, 0.717) is 27.5 Å². The number of hydrogen-bond acceptors (Lipinski definition) is 4. The Morgan fingerprint density at radius 1 is 1.11 bits per heavy atom. The highest BCUT2D eigenvalue weighted by molar-refractivity contribution is 7.92. The van der Waals surface area contributed by atoms with Gasteiger partial charge in [0.25, 0.3) is 0 Å². The van der Waals surface area contributed by atoms with Crippen molar-refractivity contribution in [2.75, 3.05) is 23.7 Å². The van der Waals surface area contributed by atoms with E-state index in [4.69, 9.17) is 11.6 Å². The van der Waals surface area contributed by atoms with Gasteiger partial charge in [-0.25, -0.2) is 8.42 Å². The molecule has 0 aromatic heterocycles. The van der Waals surface area contributed by atoms with E-state index in [1.807, 2.05) is 6.92 Å². The molecule has 198 valence electrons. The van der Waals surface area contributed by atoms with Crippen molar-refractivity contribution in [2.24, 2.45) is 0 Å². The molecule has 2 aromatic rings. The quantitative estimate of drug-likeness (QED) is 0.421. The van der Waals surface area contributed by atoms with Gasteiger partial charge < -0.3 is 10.2 Å². The van der Waals surface area contributed by atoms with Crippen LogP contribution in [-0.4, -0.2) is 50.5 Å². The summed E-state index contributed by atoms with van der Waals surface area (Å²) in [5.41, 5.74) is -0.735. The molecule has 0 aliphatic heterocycles. The zero-order valence-electron chi connectivity index (χ0n) is 20.2. The molecule has 0 saturated carbocycles. The largest absolute Gasteiger partial charge is 0.416 e. The Balaban J connectivity index is 2.39. The number of rotatable bonds is 11. The summed E-state index contributed by atoms with van der Waals surface area (Å²) in [6.07, 6.45) is -2.32. The number of carbonyl (C=O) groups is 2. The summed E-state index contributed by atoms with van der Waals surface area (Å²) in [5, 5.41) is 3.21. The number of halogens is 4. The molecule has 0 spiro atoms. The average Bonchev–Trinajstić information content (AvgIpc) is 2.80. The van der Waals surface area contributed by atoms with E-state index in [0.717, 1.165) is 31.2 Å². The molecule has 0 heterocycles. The summed E-state index contributed by atoms with van der Waals surface area (Å²) in [6.45, 7) is 3.03. The molecule has 2 aromatic carbocycles. The number of benzene rings is 2. The third-order valence-corrected chi connectivity index (χ3v) is 6.80. The van der Waals surface area contributed by atoms with Crippen molar-refractivity contribution in [2.45, 2.75) is 45.5 Å². The van der Waals surface area contributed by atoms with Crippen LogP contribution in [0, 0.1) is 0 Å². The molecule has 0 saturated heterocycles. The lowest BCUT2D eigenvalue weighted by molar-refractivity contribution is -0.139. The summed E-state index contributed by atoms with van der Waals surface area (Å²) in [4.78, 5) is 27.3. The second-order valence-corrected chi connectivity index (χ2v) is 10.6. The maximum absolute atomic E-state index is 13.4. The molecular formula is C24H29ClF3N3O4S. The molecule has 36 heavy (non-hydrogen) atoms. The Morgan fingerprint density at radius 2 is 1.75 bits per heavy atom. The average molecular weight is 548 g/mol. The summed E-state index contributed by atoms with van der Waals surface area (Å²) >= 11 is 5.93. The van der Waals surface area contributed by atoms with Crippen molar-refractivity contribution in [1.29, 1.82) is 0 Å². The van der Waals surface area contributed by atoms with Crippen molar-refractivity contribution >= 4 is 39.1 Å². The molecule has 0 aliphatic rings. The lowest BCUT2D eigenvalue weighted by Crippen LogP contribution is -2.51. The fourth-order valence-electron chi connectivity index (χ4n) is 3.36. The third kappa shape index (κ3) is 8.41. The van der Waals surface area contributed by atoms with E-state index in [-0.39, 0.29) is 12.2 Å². The second kappa shape index (κ2) is 12.4. The minimum Gasteiger partial charge on any atom is -0.354 e. The Bertz CT molecular complexity index is 1160. The summed E-state index contributed by atoms with van der Waals surface area (Å²) in [6, 6.07) is 9.27. The Hall–Kier alpha value is -2.79. The van der Waals surface area contributed by atoms with Gasteiger partial charge in [0.1, 0.15) is 12.6 Å². The Morgan fingerprint density at radius 3 is 2.31 bits per heavy atom. The smallest absolute Gasteiger partial charge is 0.354 e. The first-order chi connectivity index (χ1) is 16.7. The van der Waals surface area contributed by atoms with Gasteiger partial charge in [-0.15, -0.1) is 0 Å². The van der Waals surface area contributed by atoms with Gasteiger partial charge in [0.05, 0.1) is 17.5 Å². The number of anilines is 1. The van der Waals surface area contributed by atoms with E-state index in [2.05, 4.69) is 5.32 Å². The lowest BCUT2D eigenvalue weighted by Gasteiger charge is -2.31. The van der Waals surface area contributed by atoms with Gasteiger partial charge in [-0.05, 0) is 49.2 Å². The van der Waals surface area contributed by atoms with Gasteiger partial charge in [-0.3, -0.25) is 13.9 Å². The fourth-order valence-corrected chi connectivity index (χ4v) is 4.32. The number of nitrogens with zero attached hydrogens (tertiary/aromatic N) is 2. The highest BCUT2D eigenvalue weighted by Crippen LogP contribution is 2.32. The van der Waals surface area contributed by atoms with E-state index < -0.39 is 46.2 Å². The standard InChI is InChI=1S/C24H29ClF3N3O4S/c1-4-5-13-29-23(33)17(2)30(15-18-9-11-20(25)12-10-18)22(32)16-31(36(3,34)35)21-8-6-7-19(14-21)24(26,27)28/h6-12,14,17H,4-5,13,15-16H2,1-3H3,(H,29,33). The summed E-state index contributed by atoms with van der Waals surface area (Å²) in [7, 11) is -4.15. The molecule has 0 bridgehead atoms. The first-order valence-electron chi connectivity index (χ1n) is 11.2. The molecule has 2 amide bonds. The van der Waals surface area contributed by atoms with Crippen LogP contribution in [0.25, 0.3) is 0 Å². The van der Waals surface area contributed by atoms with Gasteiger partial charge in [0.2, 0.25) is 21.8 Å². The molecule has 1 N–H and O–H groups in total. The predicted octanol–water partition coefficient (Wildman–Crippen LogP) is 4.46. The molecule has 7 nitrogen and oxygen atoms in total. The molecule has 2 rings (SSSR count). The maximum Gasteiger partial charge on any atom is 0.416 e. The normalized spacial score (nSPS) is 12.6. The van der Waals surface area contributed by atoms with Gasteiger partial charge in [0.15, 0.2) is 0 Å². The van der Waals surface area contributed by atoms with Gasteiger partial charge in [-0.2, -0.15) is 13.2 Å². The monoisotopic (exact) mass is 547 g/mol. The Kier molecular flexibility index (Phi) is 10.2. The first-order valence-corrected chi connectivity index (χ1v) is 13.4. The number of unbranched alkanes of at least 4 members (excludes halogenated alkanes) is 1. The molecule has 0 radical (unpaired) electrons. The van der Waals surface area contributed by atoms with E-state index in [9.17, 15) is 31.2 Å². The van der Waals surface area contributed by atoms with Crippen LogP contribution in [0.4, 0.5) is 18.9 Å². The SMILES string of the molecule is CCCCNC(=O)C(C)N(Cc1ccc(Cl)cc1)C(=O)CN(c1cccc(C(F)(F)F)c1)S(C)(=O)=O. The highest BCUT2D eigenvalue weighted by Gasteiger charge is 2.33. The number of nitrogens with one attached hydrogen (secondary N) is 1. The zero-order chi connectivity index (χ0) is 27.1. The Labute approximate surface area is 214 Å². The van der Waals surface area contributed by atoms with Crippen molar-refractivity contribution in [3.63, 3.8) is 0 Å². The topological polar surface area (TPSA) is 86.8 Å². The first kappa shape index (κ1) is 29.4. The molecular weight excluding hydrogens is 519 g/mol. The van der Waals surface area contributed by atoms with Crippen LogP contribution >= 0.6 is 11.6 Å². The molecule has 1 atom stereocenters. The van der Waals surface area contributed by atoms with Crippen molar-refractivity contribution in [3.8, 4) is 0 Å². The van der Waals surface area contributed by atoms with E-state index in [1.165, 1.54) is 17.9 Å². The van der Waals surface area contributed by atoms with Crippen LogP contribution in [0.1, 0.15) is 37.8 Å². The number of hydrogen-bond donors (Lipinski definition) is 1. The van der Waals surface area contributed by atoms with E-state index in [1.54, 1.807) is 24.3 Å². The number of sulfonamides is 1. The lowest BCUT2D eigenvalue weighted by atomic mass is 10.1. The molecule has 0 aliphatic carbocycles. The van der Waals surface area contributed by atoms with E-state index >= 15 is 0 Å². The van der Waals surface area contributed by atoms with Crippen molar-refractivity contribution in [3.05, 3.63) is 64.7 Å². The molecule has 1 unspecified atom stereocenters. The van der Waals surface area contributed by atoms with Crippen LogP contribution in [0.3, 0.4) is 0 Å². The van der Waals surface area contributed by atoms with Crippen LogP contribution in [0.15, 0.2) is 48.5 Å². The van der Waals surface area contributed by atoms with Gasteiger partial charge in [-0.1, -0.05) is 43.1 Å². The van der Waals surface area contributed by atoms with Crippen LogP contribution in [0.5, 0.6) is 0 Å². The highest BCUT2D eigenvalue weighted by atomic mass is 35.5. The van der Waals surface area contributed by atoms with Gasteiger partial charge >= 0.3 is 6.18 Å². The zero-order valence-corrected chi connectivity index (χ0v) is 21.8. The maximum atomic E-state index is 13.4. The molecule has 0 fully saturated rings. The van der Waals surface area contributed by atoms with Gasteiger partial charge in [0, 0.05) is 18.1 Å². The number of alkyl halides is 3. The number of amides is 2. The van der Waals surface area contributed by atoms with Crippen molar-refractivity contribution in [1.82, 2.24) is 10.2 Å². The minimum absolute atomic E-state index is 0.0431. The predicted molar refractivity (Wildman–Crippen MR) is 133 cm³/mol. The van der Waals surface area contributed by atoms with Crippen LogP contribution in [-0.2, 0) is 32.3 Å². The second-order valence-electron chi connectivity index (χ2n) is 8.29. The fraction of sp³-hybridized carbons (Fsp3) is 0.417. The third-order valence-electron chi connectivity index (χ3n) is 5.40. The summed E-state index contributed by atoms with van der Waals surface area (Å²) in [5.74, 6) is -1.19. The van der Waals surface area contributed by atoms with Crippen LogP contribution in [0.2, 0.25) is 5.02 Å². The number of carbonyl (C=O) groups excluding carboxylic acids is 2. The minimum atomic E-state index is -4.70. The van der Waals surface area contributed by atoms with Crippen LogP contribution < -0.4 is 9.62 Å².